The molecule has 0 saturated carbocycles. The highest BCUT2D eigenvalue weighted by atomic mass is 32.1. The molecule has 138 valence electrons. The summed E-state index contributed by atoms with van der Waals surface area (Å²) in [6, 6.07) is 14.4. The van der Waals surface area contributed by atoms with Gasteiger partial charge >= 0.3 is 0 Å². The van der Waals surface area contributed by atoms with Gasteiger partial charge in [0.05, 0.1) is 12.7 Å². The number of hydrogen-bond donors (Lipinski definition) is 2. The molecular formula is C20H24N2O3S. The van der Waals surface area contributed by atoms with Crippen LogP contribution in [0.2, 0.25) is 0 Å². The lowest BCUT2D eigenvalue weighted by Gasteiger charge is -2.14. The number of nitrogens with one attached hydrogen (secondary N) is 2. The minimum Gasteiger partial charge on any atom is -0.494 e. The van der Waals surface area contributed by atoms with Crippen LogP contribution in [0, 0.1) is 0 Å². The topological polar surface area (TPSA) is 59.6 Å². The molecule has 0 aliphatic carbocycles. The first-order chi connectivity index (χ1) is 12.5. The molecule has 1 amide bonds. The van der Waals surface area contributed by atoms with Crippen molar-refractivity contribution < 1.29 is 14.3 Å². The molecule has 0 fully saturated rings. The van der Waals surface area contributed by atoms with Crippen molar-refractivity contribution in [2.24, 2.45) is 0 Å². The third kappa shape index (κ3) is 6.04. The smallest absolute Gasteiger partial charge is 0.257 e. The highest BCUT2D eigenvalue weighted by molar-refractivity contribution is 7.80. The molecule has 0 heterocycles. The lowest BCUT2D eigenvalue weighted by atomic mass is 10.2. The van der Waals surface area contributed by atoms with E-state index in [1.54, 1.807) is 24.3 Å². The van der Waals surface area contributed by atoms with Gasteiger partial charge in [0.1, 0.15) is 11.5 Å². The van der Waals surface area contributed by atoms with E-state index in [1.165, 1.54) is 0 Å². The van der Waals surface area contributed by atoms with Gasteiger partial charge in [0.25, 0.3) is 5.91 Å². The predicted molar refractivity (Wildman–Crippen MR) is 108 cm³/mol. The van der Waals surface area contributed by atoms with E-state index in [2.05, 4.69) is 17.6 Å². The Kier molecular flexibility index (Phi) is 7.41. The van der Waals surface area contributed by atoms with Crippen LogP contribution in [-0.4, -0.2) is 23.7 Å². The van der Waals surface area contributed by atoms with Gasteiger partial charge in [-0.15, -0.1) is 0 Å². The third-order valence-corrected chi connectivity index (χ3v) is 3.84. The van der Waals surface area contributed by atoms with Gasteiger partial charge in [-0.05, 0) is 62.8 Å². The van der Waals surface area contributed by atoms with Gasteiger partial charge in [-0.1, -0.05) is 19.1 Å². The zero-order valence-corrected chi connectivity index (χ0v) is 16.1. The predicted octanol–water partition coefficient (Wildman–Crippen LogP) is 4.39. The fraction of sp³-hybridized carbons (Fsp3) is 0.300. The Morgan fingerprint density at radius 2 is 1.85 bits per heavy atom. The van der Waals surface area contributed by atoms with Gasteiger partial charge < -0.3 is 14.8 Å². The van der Waals surface area contributed by atoms with Gasteiger partial charge in [0.2, 0.25) is 0 Å². The second-order valence-electron chi connectivity index (χ2n) is 5.73. The van der Waals surface area contributed by atoms with Crippen molar-refractivity contribution in [2.45, 2.75) is 33.3 Å². The number of rotatable bonds is 7. The molecular weight excluding hydrogens is 348 g/mol. The van der Waals surface area contributed by atoms with Crippen molar-refractivity contribution in [1.29, 1.82) is 0 Å². The molecule has 2 aromatic carbocycles. The molecule has 1 atom stereocenters. The third-order valence-electron chi connectivity index (χ3n) is 3.64. The summed E-state index contributed by atoms with van der Waals surface area (Å²) in [4.78, 5) is 12.3. The van der Waals surface area contributed by atoms with Gasteiger partial charge in [-0.3, -0.25) is 10.1 Å². The van der Waals surface area contributed by atoms with Crippen LogP contribution in [0.4, 0.5) is 5.69 Å². The summed E-state index contributed by atoms with van der Waals surface area (Å²) in [5.74, 6) is 1.10. The normalized spacial score (nSPS) is 11.3. The molecule has 2 rings (SSSR count). The Hall–Kier alpha value is -2.60. The Labute approximate surface area is 159 Å². The molecule has 0 aliphatic rings. The molecule has 0 spiro atoms. The van der Waals surface area contributed by atoms with Crippen LogP contribution in [-0.2, 0) is 0 Å². The fourth-order valence-electron chi connectivity index (χ4n) is 2.19. The summed E-state index contributed by atoms with van der Waals surface area (Å²) in [6.07, 6.45) is 1.06. The molecule has 5 nitrogen and oxygen atoms in total. The first kappa shape index (κ1) is 19.7. The minimum absolute atomic E-state index is 0.134. The lowest BCUT2D eigenvalue weighted by molar-refractivity contribution is 0.0977. The number of anilines is 1. The van der Waals surface area contributed by atoms with Crippen molar-refractivity contribution in [3.63, 3.8) is 0 Å². The number of benzene rings is 2. The van der Waals surface area contributed by atoms with E-state index in [1.807, 2.05) is 38.1 Å². The average molecular weight is 372 g/mol. The van der Waals surface area contributed by atoms with Crippen LogP contribution in [0.25, 0.3) is 0 Å². The summed E-state index contributed by atoms with van der Waals surface area (Å²) in [7, 11) is 0. The molecule has 6 heteroatoms. The minimum atomic E-state index is -0.295. The summed E-state index contributed by atoms with van der Waals surface area (Å²) in [5.41, 5.74) is 1.23. The van der Waals surface area contributed by atoms with E-state index in [-0.39, 0.29) is 17.1 Å². The second-order valence-corrected chi connectivity index (χ2v) is 6.14. The van der Waals surface area contributed by atoms with E-state index >= 15 is 0 Å². The Morgan fingerprint density at radius 3 is 2.58 bits per heavy atom. The van der Waals surface area contributed by atoms with Crippen LogP contribution in [0.5, 0.6) is 11.5 Å². The second kappa shape index (κ2) is 9.77. The largest absolute Gasteiger partial charge is 0.494 e. The standard InChI is InChI=1S/C20H24N2O3S/c1-4-14(3)25-18-11-7-9-16(13-18)21-20(26)22-19(23)15-8-6-10-17(12-15)24-5-2/h6-14H,4-5H2,1-3H3,(H2,21,22,23,26). The fourth-order valence-corrected chi connectivity index (χ4v) is 2.40. The number of thiocarbonyl (C=S) groups is 1. The van der Waals surface area contributed by atoms with Crippen LogP contribution >= 0.6 is 12.2 Å². The molecule has 0 bridgehead atoms. The summed E-state index contributed by atoms with van der Waals surface area (Å²) in [5, 5.41) is 5.89. The van der Waals surface area contributed by atoms with Gasteiger partial charge in [-0.25, -0.2) is 0 Å². The molecule has 26 heavy (non-hydrogen) atoms. The maximum absolute atomic E-state index is 12.3. The van der Waals surface area contributed by atoms with Gasteiger partial charge in [0.15, 0.2) is 5.11 Å². The highest BCUT2D eigenvalue weighted by Gasteiger charge is 2.10. The Bertz CT molecular complexity index is 764. The van der Waals surface area contributed by atoms with Crippen LogP contribution < -0.4 is 20.1 Å². The Balaban J connectivity index is 1.97. The number of ether oxygens (including phenoxy) is 2. The summed E-state index contributed by atoms with van der Waals surface area (Å²) >= 11 is 5.24. The molecule has 0 aromatic heterocycles. The van der Waals surface area contributed by atoms with E-state index < -0.39 is 0 Å². The zero-order valence-electron chi connectivity index (χ0n) is 15.2. The average Bonchev–Trinajstić information content (AvgIpc) is 2.62. The number of carbonyl (C=O) groups excluding carboxylic acids is 1. The summed E-state index contributed by atoms with van der Waals surface area (Å²) < 4.78 is 11.2. The number of amides is 1. The quantitative estimate of drug-likeness (QED) is 0.706. The van der Waals surface area contributed by atoms with Crippen LogP contribution in [0.1, 0.15) is 37.6 Å². The number of hydrogen-bond acceptors (Lipinski definition) is 4. The van der Waals surface area contributed by atoms with Crippen molar-refractivity contribution in [3.05, 3.63) is 54.1 Å². The zero-order chi connectivity index (χ0) is 18.9. The molecule has 2 N–H and O–H groups in total. The number of carbonyl (C=O) groups is 1. The highest BCUT2D eigenvalue weighted by Crippen LogP contribution is 2.19. The SMILES string of the molecule is CCOc1cccc(C(=O)NC(=S)Nc2cccc(OC(C)CC)c2)c1. The maximum Gasteiger partial charge on any atom is 0.257 e. The first-order valence-corrected chi connectivity index (χ1v) is 9.04. The van der Waals surface area contributed by atoms with Gasteiger partial charge in [0, 0.05) is 17.3 Å². The Morgan fingerprint density at radius 1 is 1.12 bits per heavy atom. The first-order valence-electron chi connectivity index (χ1n) is 8.63. The van der Waals surface area contributed by atoms with E-state index in [9.17, 15) is 4.79 Å². The monoisotopic (exact) mass is 372 g/mol. The van der Waals surface area contributed by atoms with Crippen molar-refractivity contribution in [1.82, 2.24) is 5.32 Å². The van der Waals surface area contributed by atoms with Gasteiger partial charge in [-0.2, -0.15) is 0 Å². The maximum atomic E-state index is 12.3. The molecule has 0 radical (unpaired) electrons. The molecule has 2 aromatic rings. The van der Waals surface area contributed by atoms with E-state index in [0.29, 0.717) is 17.9 Å². The van der Waals surface area contributed by atoms with Crippen LogP contribution in [0.3, 0.4) is 0 Å². The van der Waals surface area contributed by atoms with Crippen molar-refractivity contribution >= 4 is 28.9 Å². The van der Waals surface area contributed by atoms with Crippen molar-refractivity contribution in [3.8, 4) is 11.5 Å². The van der Waals surface area contributed by atoms with Crippen LogP contribution in [0.15, 0.2) is 48.5 Å². The van der Waals surface area contributed by atoms with E-state index in [0.717, 1.165) is 17.9 Å². The summed E-state index contributed by atoms with van der Waals surface area (Å²) in [6.45, 7) is 6.52. The molecule has 1 unspecified atom stereocenters. The molecule has 0 aliphatic heterocycles. The van der Waals surface area contributed by atoms with E-state index in [4.69, 9.17) is 21.7 Å². The molecule has 0 saturated heterocycles. The van der Waals surface area contributed by atoms with Crippen molar-refractivity contribution in [2.75, 3.05) is 11.9 Å². The lowest BCUT2D eigenvalue weighted by Crippen LogP contribution is -2.34.